The summed E-state index contributed by atoms with van der Waals surface area (Å²) in [5.74, 6) is -3.69. The number of nitrogens with one attached hydrogen (secondary N) is 1. The lowest BCUT2D eigenvalue weighted by molar-refractivity contribution is -0.138. The maximum atomic E-state index is 13.6. The van der Waals surface area contributed by atoms with Gasteiger partial charge in [-0.2, -0.15) is 13.2 Å². The smallest absolute Gasteiger partial charge is 0.417 e. The highest BCUT2D eigenvalue weighted by molar-refractivity contribution is 7.92. The zero-order valence-electron chi connectivity index (χ0n) is 11.5. The quantitative estimate of drug-likeness (QED) is 0.814. The van der Waals surface area contributed by atoms with Crippen molar-refractivity contribution in [2.75, 3.05) is 4.72 Å². The van der Waals surface area contributed by atoms with Gasteiger partial charge in [-0.15, -0.1) is 0 Å². The topological polar surface area (TPSA) is 96.4 Å². The van der Waals surface area contributed by atoms with E-state index in [1.54, 1.807) is 4.72 Å². The Labute approximate surface area is 132 Å². The molecule has 0 bridgehead atoms. The highest BCUT2D eigenvalue weighted by Gasteiger charge is 2.32. The molecular weight excluding hydrogens is 356 g/mol. The van der Waals surface area contributed by atoms with Gasteiger partial charge in [0.05, 0.1) is 16.0 Å². The van der Waals surface area contributed by atoms with Gasteiger partial charge in [-0.05, 0) is 30.3 Å². The van der Waals surface area contributed by atoms with Gasteiger partial charge < -0.3 is 5.11 Å². The Balaban J connectivity index is 2.31. The van der Waals surface area contributed by atoms with Crippen molar-refractivity contribution in [1.29, 1.82) is 0 Å². The molecule has 128 valence electrons. The Morgan fingerprint density at radius 2 is 1.75 bits per heavy atom. The van der Waals surface area contributed by atoms with E-state index in [2.05, 4.69) is 4.98 Å². The Kier molecular flexibility index (Phi) is 4.47. The fourth-order valence-corrected chi connectivity index (χ4v) is 2.65. The van der Waals surface area contributed by atoms with Crippen LogP contribution >= 0.6 is 0 Å². The summed E-state index contributed by atoms with van der Waals surface area (Å²) in [5, 5.41) is 8.73. The summed E-state index contributed by atoms with van der Waals surface area (Å²) in [6.45, 7) is 0. The largest absolute Gasteiger partial charge is 0.478 e. The average Bonchev–Trinajstić information content (AvgIpc) is 2.48. The number of alkyl halides is 3. The Bertz CT molecular complexity index is 880. The lowest BCUT2D eigenvalue weighted by Gasteiger charge is -2.10. The SMILES string of the molecule is O=C(O)c1ccc(S(=O)(=O)Nc2ncc(C(F)(F)F)cc2F)cc1. The van der Waals surface area contributed by atoms with E-state index in [1.807, 2.05) is 0 Å². The molecule has 6 nitrogen and oxygen atoms in total. The molecule has 0 fully saturated rings. The lowest BCUT2D eigenvalue weighted by atomic mass is 10.2. The Morgan fingerprint density at radius 1 is 1.17 bits per heavy atom. The number of halogens is 4. The Hall–Kier alpha value is -2.69. The third-order valence-electron chi connectivity index (χ3n) is 2.81. The second kappa shape index (κ2) is 6.07. The van der Waals surface area contributed by atoms with E-state index in [1.165, 1.54) is 0 Å². The number of hydrogen-bond donors (Lipinski definition) is 2. The minimum Gasteiger partial charge on any atom is -0.478 e. The Morgan fingerprint density at radius 3 is 2.21 bits per heavy atom. The van der Waals surface area contributed by atoms with Crippen LogP contribution in [-0.4, -0.2) is 24.5 Å². The van der Waals surface area contributed by atoms with Crippen molar-refractivity contribution in [2.45, 2.75) is 11.1 Å². The number of anilines is 1. The number of carboxylic acid groups (broad SMARTS) is 1. The molecule has 0 unspecified atom stereocenters. The number of carbonyl (C=O) groups is 1. The minimum absolute atomic E-state index is 0.110. The van der Waals surface area contributed by atoms with Gasteiger partial charge in [-0.3, -0.25) is 4.72 Å². The third kappa shape index (κ3) is 3.79. The molecule has 11 heteroatoms. The van der Waals surface area contributed by atoms with E-state index < -0.39 is 44.3 Å². The molecule has 0 saturated carbocycles. The molecule has 0 radical (unpaired) electrons. The number of aromatic carboxylic acids is 1. The molecule has 24 heavy (non-hydrogen) atoms. The summed E-state index contributed by atoms with van der Waals surface area (Å²) in [6.07, 6.45) is -4.54. The van der Waals surface area contributed by atoms with Crippen molar-refractivity contribution in [3.05, 3.63) is 53.5 Å². The number of nitrogens with zero attached hydrogens (tertiary/aromatic N) is 1. The first-order chi connectivity index (χ1) is 11.0. The highest BCUT2D eigenvalue weighted by Crippen LogP contribution is 2.30. The summed E-state index contributed by atoms with van der Waals surface area (Å²) >= 11 is 0. The van der Waals surface area contributed by atoms with Crippen LogP contribution in [0, 0.1) is 5.82 Å². The standard InChI is InChI=1S/C13H8F4N2O4S/c14-10-5-8(13(15,16)17)6-18-11(10)19-24(22,23)9-3-1-7(2-4-9)12(20)21/h1-6H,(H,18,19)(H,20,21). The first kappa shape index (κ1) is 17.7. The number of rotatable bonds is 4. The molecule has 0 amide bonds. The summed E-state index contributed by atoms with van der Waals surface area (Å²) in [6, 6.07) is 4.03. The van der Waals surface area contributed by atoms with Gasteiger partial charge in [0.1, 0.15) is 0 Å². The van der Waals surface area contributed by atoms with Crippen LogP contribution in [0.25, 0.3) is 0 Å². The van der Waals surface area contributed by atoms with Gasteiger partial charge in [-0.25, -0.2) is 22.6 Å². The minimum atomic E-state index is -4.82. The normalized spacial score (nSPS) is 12.0. The van der Waals surface area contributed by atoms with Crippen LogP contribution in [0.15, 0.2) is 41.4 Å². The van der Waals surface area contributed by atoms with E-state index in [-0.39, 0.29) is 17.8 Å². The number of aromatic nitrogens is 1. The van der Waals surface area contributed by atoms with Gasteiger partial charge >= 0.3 is 12.1 Å². The van der Waals surface area contributed by atoms with Crippen LogP contribution in [0.4, 0.5) is 23.4 Å². The van der Waals surface area contributed by atoms with Crippen molar-refractivity contribution in [3.63, 3.8) is 0 Å². The molecule has 0 saturated heterocycles. The van der Waals surface area contributed by atoms with Crippen molar-refractivity contribution in [3.8, 4) is 0 Å². The van der Waals surface area contributed by atoms with Crippen molar-refractivity contribution in [2.24, 2.45) is 0 Å². The molecule has 1 aromatic heterocycles. The van der Waals surface area contributed by atoms with Gasteiger partial charge in [0.2, 0.25) is 0 Å². The second-order valence-corrected chi connectivity index (χ2v) is 6.17. The van der Waals surface area contributed by atoms with Crippen LogP contribution in [0.5, 0.6) is 0 Å². The van der Waals surface area contributed by atoms with E-state index in [0.717, 1.165) is 24.3 Å². The molecule has 0 atom stereocenters. The van der Waals surface area contributed by atoms with Crippen molar-refractivity contribution < 1.29 is 35.9 Å². The number of pyridine rings is 1. The maximum Gasteiger partial charge on any atom is 0.417 e. The van der Waals surface area contributed by atoms with Crippen molar-refractivity contribution in [1.82, 2.24) is 4.98 Å². The number of benzene rings is 1. The molecule has 1 aromatic carbocycles. The van der Waals surface area contributed by atoms with Gasteiger partial charge in [0.15, 0.2) is 11.6 Å². The molecule has 2 N–H and O–H groups in total. The van der Waals surface area contributed by atoms with E-state index in [9.17, 15) is 30.8 Å². The number of carboxylic acids is 1. The van der Waals surface area contributed by atoms with Crippen LogP contribution in [0.1, 0.15) is 15.9 Å². The zero-order valence-corrected chi connectivity index (χ0v) is 12.3. The fraction of sp³-hybridized carbons (Fsp3) is 0.0769. The number of sulfonamides is 1. The first-order valence-electron chi connectivity index (χ1n) is 6.09. The second-order valence-electron chi connectivity index (χ2n) is 4.49. The summed E-state index contributed by atoms with van der Waals surface area (Å²) in [4.78, 5) is 13.4. The van der Waals surface area contributed by atoms with E-state index in [0.29, 0.717) is 0 Å². The molecule has 0 aliphatic rings. The molecule has 0 spiro atoms. The molecule has 0 aliphatic carbocycles. The van der Waals surface area contributed by atoms with Gasteiger partial charge in [0.25, 0.3) is 10.0 Å². The van der Waals surface area contributed by atoms with E-state index >= 15 is 0 Å². The van der Waals surface area contributed by atoms with Crippen molar-refractivity contribution >= 4 is 21.8 Å². The fourth-order valence-electron chi connectivity index (χ4n) is 1.63. The molecule has 0 aliphatic heterocycles. The van der Waals surface area contributed by atoms with Gasteiger partial charge in [0, 0.05) is 6.20 Å². The first-order valence-corrected chi connectivity index (χ1v) is 7.58. The monoisotopic (exact) mass is 364 g/mol. The summed E-state index contributed by atoms with van der Waals surface area (Å²) in [5.41, 5.74) is -1.54. The van der Waals surface area contributed by atoms with Crippen LogP contribution < -0.4 is 4.72 Å². The predicted molar refractivity (Wildman–Crippen MR) is 73.4 cm³/mol. The maximum absolute atomic E-state index is 13.6. The predicted octanol–water partition coefficient (Wildman–Crippen LogP) is 2.74. The molecule has 2 aromatic rings. The molecule has 2 rings (SSSR count). The lowest BCUT2D eigenvalue weighted by Crippen LogP contribution is -2.16. The molecular formula is C13H8F4N2O4S. The van der Waals surface area contributed by atoms with Crippen LogP contribution in [-0.2, 0) is 16.2 Å². The van der Waals surface area contributed by atoms with E-state index in [4.69, 9.17) is 5.11 Å². The van der Waals surface area contributed by atoms with Crippen LogP contribution in [0.2, 0.25) is 0 Å². The molecule has 1 heterocycles. The average molecular weight is 364 g/mol. The highest BCUT2D eigenvalue weighted by atomic mass is 32.2. The third-order valence-corrected chi connectivity index (χ3v) is 4.17. The number of hydrogen-bond acceptors (Lipinski definition) is 4. The summed E-state index contributed by atoms with van der Waals surface area (Å²) < 4.78 is 76.6. The zero-order chi connectivity index (χ0) is 18.1. The summed E-state index contributed by atoms with van der Waals surface area (Å²) in [7, 11) is -4.35. The van der Waals surface area contributed by atoms with Crippen LogP contribution in [0.3, 0.4) is 0 Å². The van der Waals surface area contributed by atoms with Gasteiger partial charge in [-0.1, -0.05) is 0 Å².